The van der Waals surface area contributed by atoms with Crippen molar-refractivity contribution >= 4 is 43.8 Å². The molecule has 0 unspecified atom stereocenters. The van der Waals surface area contributed by atoms with Gasteiger partial charge in [0.2, 0.25) is 0 Å². The Bertz CT molecular complexity index is 261. The Labute approximate surface area is 151 Å². The quantitative estimate of drug-likeness (QED) is 0.237. The van der Waals surface area contributed by atoms with Crippen LogP contribution in [0.25, 0.3) is 0 Å². The van der Waals surface area contributed by atoms with E-state index in [2.05, 4.69) is 31.9 Å². The minimum Gasteiger partial charge on any atom is -0.481 e. The summed E-state index contributed by atoms with van der Waals surface area (Å²) in [6.07, 6.45) is 9.54. The molecule has 0 heterocycles. The molecule has 1 N–H and O–H groups in total. The van der Waals surface area contributed by atoms with E-state index >= 15 is 0 Å². The molecule has 22 heavy (non-hydrogen) atoms. The molecule has 0 atom stereocenters. The van der Waals surface area contributed by atoms with Crippen LogP contribution in [-0.2, 0) is 14.3 Å². The van der Waals surface area contributed by atoms with Gasteiger partial charge in [0.1, 0.15) is 0 Å². The second-order valence-corrected chi connectivity index (χ2v) is 6.49. The Hall–Kier alpha value is -0.100. The number of carboxylic acid groups (broad SMARTS) is 1. The number of halogens is 2. The molecule has 4 nitrogen and oxygen atoms in total. The third-order valence-electron chi connectivity index (χ3n) is 2.84. The Kier molecular flexibility index (Phi) is 22.9. The van der Waals surface area contributed by atoms with Crippen LogP contribution in [-0.4, -0.2) is 34.3 Å². The van der Waals surface area contributed by atoms with Gasteiger partial charge in [-0.25, -0.2) is 0 Å². The maximum absolute atomic E-state index is 10.8. The van der Waals surface area contributed by atoms with Crippen LogP contribution in [0, 0.1) is 0 Å². The number of alkyl halides is 2. The molecule has 0 bridgehead atoms. The van der Waals surface area contributed by atoms with Gasteiger partial charge in [0.25, 0.3) is 0 Å². The molecule has 0 aromatic rings. The second-order valence-electron chi connectivity index (χ2n) is 4.91. The maximum atomic E-state index is 10.8. The zero-order valence-corrected chi connectivity index (χ0v) is 16.8. The summed E-state index contributed by atoms with van der Waals surface area (Å²) in [5.41, 5.74) is 0. The number of aliphatic carboxylic acids is 1. The van der Waals surface area contributed by atoms with Crippen molar-refractivity contribution in [1.29, 1.82) is 0 Å². The largest absolute Gasteiger partial charge is 0.481 e. The van der Waals surface area contributed by atoms with Crippen LogP contribution in [0.5, 0.6) is 0 Å². The smallest absolute Gasteiger partial charge is 0.305 e. The monoisotopic (exact) mass is 444 g/mol. The molecule has 0 aliphatic heterocycles. The number of unbranched alkanes of at least 4 members (excludes halogenated alkanes) is 6. The zero-order valence-electron chi connectivity index (χ0n) is 13.6. The minimum atomic E-state index is -0.682. The van der Waals surface area contributed by atoms with Crippen molar-refractivity contribution in [2.24, 2.45) is 0 Å². The number of rotatable bonds is 13. The molecule has 0 aliphatic rings. The van der Waals surface area contributed by atoms with E-state index in [9.17, 15) is 9.59 Å². The lowest BCUT2D eigenvalue weighted by molar-refractivity contribution is -0.143. The summed E-state index contributed by atoms with van der Waals surface area (Å²) in [4.78, 5) is 20.9. The minimum absolute atomic E-state index is 0.0589. The van der Waals surface area contributed by atoms with Gasteiger partial charge in [-0.15, -0.1) is 0 Å². The van der Waals surface area contributed by atoms with E-state index in [1.807, 2.05) is 6.92 Å². The Morgan fingerprint density at radius 3 is 1.68 bits per heavy atom. The molecule has 0 rings (SSSR count). The topological polar surface area (TPSA) is 63.6 Å². The average molecular weight is 446 g/mol. The van der Waals surface area contributed by atoms with Crippen LogP contribution in [0.4, 0.5) is 0 Å². The Balaban J connectivity index is 0. The van der Waals surface area contributed by atoms with Crippen LogP contribution in [0.2, 0.25) is 0 Å². The SMILES string of the molecule is CCOC(=O)CCCCCCBr.O=C(O)CCCCCCBr. The zero-order chi connectivity index (χ0) is 17.1. The van der Waals surface area contributed by atoms with Gasteiger partial charge in [-0.3, -0.25) is 9.59 Å². The van der Waals surface area contributed by atoms with Gasteiger partial charge in [0.05, 0.1) is 6.61 Å². The first-order chi connectivity index (χ1) is 10.6. The number of carbonyl (C=O) groups excluding carboxylic acids is 1. The highest BCUT2D eigenvalue weighted by Crippen LogP contribution is 2.05. The predicted octanol–water partition coefficient (Wildman–Crippen LogP) is 5.31. The highest BCUT2D eigenvalue weighted by atomic mass is 79.9. The van der Waals surface area contributed by atoms with Gasteiger partial charge in [-0.05, 0) is 32.6 Å². The summed E-state index contributed by atoms with van der Waals surface area (Å²) >= 11 is 6.68. The lowest BCUT2D eigenvalue weighted by Gasteiger charge is -2.00. The molecule has 0 fully saturated rings. The molecule has 0 aromatic heterocycles. The third kappa shape index (κ3) is 24.9. The van der Waals surface area contributed by atoms with Gasteiger partial charge >= 0.3 is 11.9 Å². The van der Waals surface area contributed by atoms with Crippen molar-refractivity contribution in [3.63, 3.8) is 0 Å². The van der Waals surface area contributed by atoms with Crippen molar-refractivity contribution in [2.45, 2.75) is 71.1 Å². The molecule has 132 valence electrons. The Morgan fingerprint density at radius 2 is 1.27 bits per heavy atom. The van der Waals surface area contributed by atoms with Crippen molar-refractivity contribution in [3.8, 4) is 0 Å². The fraction of sp³-hybridized carbons (Fsp3) is 0.875. The molecule has 0 aliphatic carbocycles. The molecule has 0 saturated heterocycles. The van der Waals surface area contributed by atoms with E-state index in [4.69, 9.17) is 9.84 Å². The van der Waals surface area contributed by atoms with Gasteiger partial charge < -0.3 is 9.84 Å². The lowest BCUT2D eigenvalue weighted by atomic mass is 10.2. The summed E-state index contributed by atoms with van der Waals surface area (Å²) in [7, 11) is 0. The molecule has 0 spiro atoms. The molecule has 0 aromatic carbocycles. The van der Waals surface area contributed by atoms with Crippen LogP contribution in [0.15, 0.2) is 0 Å². The molecular formula is C16H30Br2O4. The number of hydrogen-bond donors (Lipinski definition) is 1. The first kappa shape index (κ1) is 24.2. The summed E-state index contributed by atoms with van der Waals surface area (Å²) < 4.78 is 4.80. The first-order valence-corrected chi connectivity index (χ1v) is 10.3. The standard InChI is InChI=1S/C9H17BrO2.C7H13BrO2/c1-2-12-9(11)7-5-3-4-6-8-10;8-6-4-2-1-3-5-7(9)10/h2-8H2,1H3;1-6H2,(H,9,10). The van der Waals surface area contributed by atoms with Gasteiger partial charge in [-0.2, -0.15) is 0 Å². The molecular weight excluding hydrogens is 416 g/mol. The van der Waals surface area contributed by atoms with E-state index < -0.39 is 5.97 Å². The number of esters is 1. The molecule has 0 saturated carbocycles. The van der Waals surface area contributed by atoms with E-state index in [0.717, 1.165) is 49.2 Å². The van der Waals surface area contributed by atoms with Crippen molar-refractivity contribution < 1.29 is 19.4 Å². The first-order valence-electron chi connectivity index (χ1n) is 8.07. The van der Waals surface area contributed by atoms with Crippen LogP contribution < -0.4 is 0 Å². The second kappa shape index (κ2) is 20.9. The number of hydrogen-bond acceptors (Lipinski definition) is 3. The predicted molar refractivity (Wildman–Crippen MR) is 98.0 cm³/mol. The number of ether oxygens (including phenoxy) is 1. The fourth-order valence-corrected chi connectivity index (χ4v) is 2.47. The van der Waals surface area contributed by atoms with Crippen LogP contribution in [0.3, 0.4) is 0 Å². The van der Waals surface area contributed by atoms with Crippen LogP contribution >= 0.6 is 31.9 Å². The van der Waals surface area contributed by atoms with Gasteiger partial charge in [-0.1, -0.05) is 57.5 Å². The van der Waals surface area contributed by atoms with E-state index in [1.54, 1.807) is 0 Å². The lowest BCUT2D eigenvalue weighted by Crippen LogP contribution is -2.03. The van der Waals surface area contributed by atoms with Gasteiger partial charge in [0.15, 0.2) is 0 Å². The van der Waals surface area contributed by atoms with E-state index in [1.165, 1.54) is 12.8 Å². The number of carbonyl (C=O) groups is 2. The van der Waals surface area contributed by atoms with E-state index in [0.29, 0.717) is 19.4 Å². The van der Waals surface area contributed by atoms with Crippen molar-refractivity contribution in [3.05, 3.63) is 0 Å². The van der Waals surface area contributed by atoms with E-state index in [-0.39, 0.29) is 5.97 Å². The normalized spacial score (nSPS) is 9.77. The molecule has 0 radical (unpaired) electrons. The summed E-state index contributed by atoms with van der Waals surface area (Å²) in [5, 5.41) is 10.4. The fourth-order valence-electron chi connectivity index (χ4n) is 1.67. The number of carboxylic acids is 1. The highest BCUT2D eigenvalue weighted by Gasteiger charge is 1.99. The summed E-state index contributed by atoms with van der Waals surface area (Å²) in [5.74, 6) is -0.741. The van der Waals surface area contributed by atoms with Gasteiger partial charge in [0, 0.05) is 23.5 Å². The van der Waals surface area contributed by atoms with Crippen LogP contribution in [0.1, 0.15) is 71.1 Å². The highest BCUT2D eigenvalue weighted by molar-refractivity contribution is 9.09. The molecule has 6 heteroatoms. The Morgan fingerprint density at radius 1 is 0.818 bits per heavy atom. The van der Waals surface area contributed by atoms with Crippen molar-refractivity contribution in [1.82, 2.24) is 0 Å². The summed E-state index contributed by atoms with van der Waals surface area (Å²) in [6.45, 7) is 2.34. The summed E-state index contributed by atoms with van der Waals surface area (Å²) in [6, 6.07) is 0. The third-order valence-corrected chi connectivity index (χ3v) is 3.97. The maximum Gasteiger partial charge on any atom is 0.305 e. The average Bonchev–Trinajstić information content (AvgIpc) is 2.47. The molecule has 0 amide bonds. The van der Waals surface area contributed by atoms with Crippen molar-refractivity contribution in [2.75, 3.05) is 17.3 Å².